The van der Waals surface area contributed by atoms with E-state index in [0.717, 1.165) is 10.2 Å². The summed E-state index contributed by atoms with van der Waals surface area (Å²) in [4.78, 5) is 15.3. The first-order chi connectivity index (χ1) is 5.65. The van der Waals surface area contributed by atoms with Crippen LogP contribution >= 0.6 is 15.9 Å². The van der Waals surface area contributed by atoms with E-state index >= 15 is 0 Å². The largest absolute Gasteiger partial charge is 0.294 e. The van der Waals surface area contributed by atoms with Gasteiger partial charge >= 0.3 is 0 Å². The van der Waals surface area contributed by atoms with Crippen molar-refractivity contribution in [3.63, 3.8) is 0 Å². The minimum atomic E-state index is 0.137. The number of carbonyl (C=O) groups is 1. The zero-order valence-electron chi connectivity index (χ0n) is 7.10. The SMILES string of the molecule is CCC(=O)c1cnc(Br)c(C)c1. The fourth-order valence-electron chi connectivity index (χ4n) is 0.915. The number of ketones is 1. The fraction of sp³-hybridized carbons (Fsp3) is 0.333. The molecule has 1 aromatic heterocycles. The van der Waals surface area contributed by atoms with Gasteiger partial charge in [0.05, 0.1) is 0 Å². The molecule has 0 saturated carbocycles. The molecule has 0 fully saturated rings. The Morgan fingerprint density at radius 2 is 2.33 bits per heavy atom. The molecule has 1 aromatic rings. The minimum Gasteiger partial charge on any atom is -0.294 e. The van der Waals surface area contributed by atoms with E-state index in [1.54, 1.807) is 6.20 Å². The number of carbonyl (C=O) groups excluding carboxylic acids is 1. The Morgan fingerprint density at radius 3 is 2.83 bits per heavy atom. The van der Waals surface area contributed by atoms with Crippen LogP contribution in [0.5, 0.6) is 0 Å². The highest BCUT2D eigenvalue weighted by atomic mass is 79.9. The predicted octanol–water partition coefficient (Wildman–Crippen LogP) is 2.75. The van der Waals surface area contributed by atoms with Gasteiger partial charge in [0.15, 0.2) is 5.78 Å². The molecule has 1 heterocycles. The number of Topliss-reactive ketones (excluding diaryl/α,β-unsaturated/α-hetero) is 1. The number of halogens is 1. The van der Waals surface area contributed by atoms with E-state index in [4.69, 9.17) is 0 Å². The Balaban J connectivity index is 3.05. The molecule has 0 unspecified atom stereocenters. The van der Waals surface area contributed by atoms with Crippen molar-refractivity contribution in [1.82, 2.24) is 4.98 Å². The second kappa shape index (κ2) is 3.81. The van der Waals surface area contributed by atoms with Crippen molar-refractivity contribution in [2.75, 3.05) is 0 Å². The van der Waals surface area contributed by atoms with Crippen molar-refractivity contribution in [1.29, 1.82) is 0 Å². The van der Waals surface area contributed by atoms with E-state index in [2.05, 4.69) is 20.9 Å². The van der Waals surface area contributed by atoms with Gasteiger partial charge in [-0.15, -0.1) is 0 Å². The zero-order valence-corrected chi connectivity index (χ0v) is 8.68. The van der Waals surface area contributed by atoms with Crippen molar-refractivity contribution in [2.24, 2.45) is 0 Å². The van der Waals surface area contributed by atoms with Crippen LogP contribution in [0.15, 0.2) is 16.9 Å². The summed E-state index contributed by atoms with van der Waals surface area (Å²) in [5.41, 5.74) is 1.69. The van der Waals surface area contributed by atoms with Gasteiger partial charge in [0, 0.05) is 18.2 Å². The summed E-state index contributed by atoms with van der Waals surface area (Å²) in [5.74, 6) is 0.137. The summed E-state index contributed by atoms with van der Waals surface area (Å²) in [5, 5.41) is 0. The van der Waals surface area contributed by atoms with Gasteiger partial charge in [-0.25, -0.2) is 4.98 Å². The Kier molecular flexibility index (Phi) is 2.98. The second-order valence-corrected chi connectivity index (χ2v) is 3.36. The van der Waals surface area contributed by atoms with Gasteiger partial charge in [-0.1, -0.05) is 6.92 Å². The molecule has 12 heavy (non-hydrogen) atoms. The molecule has 2 nitrogen and oxygen atoms in total. The van der Waals surface area contributed by atoms with E-state index in [9.17, 15) is 4.79 Å². The lowest BCUT2D eigenvalue weighted by molar-refractivity contribution is 0.0987. The van der Waals surface area contributed by atoms with Crippen molar-refractivity contribution in [3.05, 3.63) is 28.0 Å². The first-order valence-corrected chi connectivity index (χ1v) is 4.59. The van der Waals surface area contributed by atoms with E-state index in [0.29, 0.717) is 12.0 Å². The Labute approximate surface area is 80.1 Å². The van der Waals surface area contributed by atoms with Crippen LogP contribution in [-0.2, 0) is 0 Å². The topological polar surface area (TPSA) is 30.0 Å². The van der Waals surface area contributed by atoms with Crippen molar-refractivity contribution in [2.45, 2.75) is 20.3 Å². The quantitative estimate of drug-likeness (QED) is 0.575. The van der Waals surface area contributed by atoms with Crippen LogP contribution in [0.2, 0.25) is 0 Å². The average Bonchev–Trinajstić information content (AvgIpc) is 2.08. The molecule has 3 heteroatoms. The van der Waals surface area contributed by atoms with Crippen molar-refractivity contribution >= 4 is 21.7 Å². The maximum absolute atomic E-state index is 11.2. The van der Waals surface area contributed by atoms with Gasteiger partial charge in [0.25, 0.3) is 0 Å². The summed E-state index contributed by atoms with van der Waals surface area (Å²) in [6.45, 7) is 3.77. The van der Waals surface area contributed by atoms with Crippen LogP contribution in [0.3, 0.4) is 0 Å². The standard InChI is InChI=1S/C9H10BrNO/c1-3-8(12)7-4-6(2)9(10)11-5-7/h4-5H,3H2,1-2H3. The number of hydrogen-bond acceptors (Lipinski definition) is 2. The predicted molar refractivity (Wildman–Crippen MR) is 51.3 cm³/mol. The summed E-state index contributed by atoms with van der Waals surface area (Å²) >= 11 is 3.28. The number of pyridine rings is 1. The summed E-state index contributed by atoms with van der Waals surface area (Å²) in [6, 6.07) is 1.85. The Morgan fingerprint density at radius 1 is 1.67 bits per heavy atom. The molecular weight excluding hydrogens is 218 g/mol. The number of nitrogens with zero attached hydrogens (tertiary/aromatic N) is 1. The molecule has 0 saturated heterocycles. The maximum Gasteiger partial charge on any atom is 0.164 e. The molecule has 0 atom stereocenters. The van der Waals surface area contributed by atoms with E-state index in [1.807, 2.05) is 19.9 Å². The molecule has 0 aliphatic rings. The molecule has 0 aromatic carbocycles. The summed E-state index contributed by atoms with van der Waals surface area (Å²) < 4.78 is 0.801. The third kappa shape index (κ3) is 1.91. The molecule has 0 spiro atoms. The molecule has 0 bridgehead atoms. The number of aromatic nitrogens is 1. The summed E-state index contributed by atoms with van der Waals surface area (Å²) in [6.07, 6.45) is 2.13. The molecular formula is C9H10BrNO. The zero-order chi connectivity index (χ0) is 9.14. The molecule has 0 aliphatic carbocycles. The lowest BCUT2D eigenvalue weighted by Gasteiger charge is -2.00. The average molecular weight is 228 g/mol. The van der Waals surface area contributed by atoms with Crippen LogP contribution in [-0.4, -0.2) is 10.8 Å². The highest BCUT2D eigenvalue weighted by Gasteiger charge is 2.04. The number of aryl methyl sites for hydroxylation is 1. The smallest absolute Gasteiger partial charge is 0.164 e. The number of hydrogen-bond donors (Lipinski definition) is 0. The third-order valence-corrected chi connectivity index (χ3v) is 2.49. The molecule has 0 N–H and O–H groups in total. The maximum atomic E-state index is 11.2. The summed E-state index contributed by atoms with van der Waals surface area (Å²) in [7, 11) is 0. The van der Waals surface area contributed by atoms with Crippen LogP contribution in [0.1, 0.15) is 29.3 Å². The van der Waals surface area contributed by atoms with Crippen LogP contribution in [0.4, 0.5) is 0 Å². The van der Waals surface area contributed by atoms with Gasteiger partial charge in [-0.05, 0) is 34.5 Å². The van der Waals surface area contributed by atoms with Crippen LogP contribution in [0.25, 0.3) is 0 Å². The monoisotopic (exact) mass is 227 g/mol. The normalized spacial score (nSPS) is 9.92. The first kappa shape index (κ1) is 9.39. The minimum absolute atomic E-state index is 0.137. The van der Waals surface area contributed by atoms with Crippen molar-refractivity contribution < 1.29 is 4.79 Å². The number of rotatable bonds is 2. The highest BCUT2D eigenvalue weighted by molar-refractivity contribution is 9.10. The fourth-order valence-corrected chi connectivity index (χ4v) is 1.13. The Hall–Kier alpha value is -0.700. The molecule has 0 amide bonds. The lowest BCUT2D eigenvalue weighted by atomic mass is 10.1. The van der Waals surface area contributed by atoms with Crippen LogP contribution < -0.4 is 0 Å². The lowest BCUT2D eigenvalue weighted by Crippen LogP contribution is -1.98. The first-order valence-electron chi connectivity index (χ1n) is 3.80. The van der Waals surface area contributed by atoms with E-state index in [-0.39, 0.29) is 5.78 Å². The Bertz CT molecular complexity index is 309. The van der Waals surface area contributed by atoms with Crippen molar-refractivity contribution in [3.8, 4) is 0 Å². The third-order valence-electron chi connectivity index (χ3n) is 1.66. The molecule has 1 rings (SSSR count). The van der Waals surface area contributed by atoms with Gasteiger partial charge in [-0.2, -0.15) is 0 Å². The van der Waals surface area contributed by atoms with E-state index < -0.39 is 0 Å². The molecule has 0 radical (unpaired) electrons. The van der Waals surface area contributed by atoms with E-state index in [1.165, 1.54) is 0 Å². The van der Waals surface area contributed by atoms with Gasteiger partial charge in [-0.3, -0.25) is 4.79 Å². The second-order valence-electron chi connectivity index (χ2n) is 2.61. The van der Waals surface area contributed by atoms with Gasteiger partial charge in [0.2, 0.25) is 0 Å². The van der Waals surface area contributed by atoms with Gasteiger partial charge in [0.1, 0.15) is 4.60 Å². The van der Waals surface area contributed by atoms with Crippen LogP contribution in [0, 0.1) is 6.92 Å². The molecule has 0 aliphatic heterocycles. The highest BCUT2D eigenvalue weighted by Crippen LogP contribution is 2.14. The molecule has 64 valence electrons. The van der Waals surface area contributed by atoms with Gasteiger partial charge < -0.3 is 0 Å².